The Hall–Kier alpha value is 0.310. The molecular formula is C8H17NS. The van der Waals surface area contributed by atoms with Crippen LogP contribution in [-0.2, 0) is 0 Å². The van der Waals surface area contributed by atoms with Crippen LogP contribution in [0.15, 0.2) is 0 Å². The van der Waals surface area contributed by atoms with Crippen molar-refractivity contribution in [2.75, 3.05) is 25.1 Å². The molecule has 1 fully saturated rings. The molecule has 0 aliphatic heterocycles. The van der Waals surface area contributed by atoms with E-state index in [1.165, 1.54) is 25.3 Å². The lowest BCUT2D eigenvalue weighted by Crippen LogP contribution is -2.20. The zero-order chi connectivity index (χ0) is 7.40. The number of nitrogens with one attached hydrogen (secondary N) is 1. The molecule has 1 aliphatic carbocycles. The summed E-state index contributed by atoms with van der Waals surface area (Å²) in [6.45, 7) is 4.77. The van der Waals surface area contributed by atoms with Crippen molar-refractivity contribution in [3.05, 3.63) is 0 Å². The smallest absolute Gasteiger partial charge is 0.00553 e. The molecule has 60 valence electrons. The molecule has 2 heteroatoms. The minimum absolute atomic E-state index is 1.00. The highest BCUT2D eigenvalue weighted by Crippen LogP contribution is 2.36. The fourth-order valence-corrected chi connectivity index (χ4v) is 1.49. The molecule has 2 unspecified atom stereocenters. The second-order valence-electron chi connectivity index (χ2n) is 3.17. The van der Waals surface area contributed by atoms with Gasteiger partial charge in [0.15, 0.2) is 0 Å². The first-order valence-electron chi connectivity index (χ1n) is 4.04. The van der Waals surface area contributed by atoms with E-state index < -0.39 is 0 Å². The van der Waals surface area contributed by atoms with Crippen molar-refractivity contribution in [3.63, 3.8) is 0 Å². The summed E-state index contributed by atoms with van der Waals surface area (Å²) < 4.78 is 0. The Morgan fingerprint density at radius 3 is 2.80 bits per heavy atom. The Morgan fingerprint density at radius 1 is 1.60 bits per heavy atom. The van der Waals surface area contributed by atoms with Crippen LogP contribution in [0.25, 0.3) is 0 Å². The van der Waals surface area contributed by atoms with Crippen molar-refractivity contribution >= 4 is 11.8 Å². The van der Waals surface area contributed by atoms with E-state index in [4.69, 9.17) is 0 Å². The Morgan fingerprint density at radius 2 is 2.30 bits per heavy atom. The van der Waals surface area contributed by atoms with Crippen LogP contribution in [-0.4, -0.2) is 25.1 Å². The van der Waals surface area contributed by atoms with E-state index in [9.17, 15) is 0 Å². The maximum Gasteiger partial charge on any atom is 0.00553 e. The van der Waals surface area contributed by atoms with E-state index in [2.05, 4.69) is 18.5 Å². The van der Waals surface area contributed by atoms with Gasteiger partial charge in [-0.25, -0.2) is 0 Å². The summed E-state index contributed by atoms with van der Waals surface area (Å²) in [5.41, 5.74) is 0. The molecule has 0 bridgehead atoms. The van der Waals surface area contributed by atoms with E-state index in [0.29, 0.717) is 0 Å². The summed E-state index contributed by atoms with van der Waals surface area (Å²) >= 11 is 1.91. The average Bonchev–Trinajstić information content (AvgIpc) is 2.60. The molecule has 1 saturated carbocycles. The van der Waals surface area contributed by atoms with Crippen molar-refractivity contribution in [3.8, 4) is 0 Å². The molecule has 0 radical (unpaired) electrons. The average molecular weight is 159 g/mol. The van der Waals surface area contributed by atoms with Gasteiger partial charge in [0, 0.05) is 12.3 Å². The van der Waals surface area contributed by atoms with Gasteiger partial charge in [-0.05, 0) is 31.1 Å². The number of rotatable bonds is 5. The molecule has 0 aromatic rings. The Bertz CT molecular complexity index is 95.3. The largest absolute Gasteiger partial charge is 0.316 e. The Balaban J connectivity index is 1.78. The summed E-state index contributed by atoms with van der Waals surface area (Å²) in [5.74, 6) is 3.25. The predicted octanol–water partition coefficient (Wildman–Crippen LogP) is 1.59. The van der Waals surface area contributed by atoms with Gasteiger partial charge in [-0.2, -0.15) is 11.8 Å². The van der Waals surface area contributed by atoms with Crippen LogP contribution >= 0.6 is 11.8 Å². The predicted molar refractivity (Wildman–Crippen MR) is 48.5 cm³/mol. The maximum atomic E-state index is 3.46. The van der Waals surface area contributed by atoms with Gasteiger partial charge < -0.3 is 5.32 Å². The summed E-state index contributed by atoms with van der Waals surface area (Å²) in [6, 6.07) is 0. The molecule has 0 amide bonds. The van der Waals surface area contributed by atoms with Crippen molar-refractivity contribution < 1.29 is 0 Å². The number of hydrogen-bond acceptors (Lipinski definition) is 2. The molecule has 2 atom stereocenters. The lowest BCUT2D eigenvalue weighted by atomic mass is 10.3. The van der Waals surface area contributed by atoms with Gasteiger partial charge >= 0.3 is 0 Å². The quantitative estimate of drug-likeness (QED) is 0.611. The highest BCUT2D eigenvalue weighted by Gasteiger charge is 2.31. The summed E-state index contributed by atoms with van der Waals surface area (Å²) in [6.07, 6.45) is 3.60. The summed E-state index contributed by atoms with van der Waals surface area (Å²) in [7, 11) is 0. The molecule has 1 aliphatic rings. The van der Waals surface area contributed by atoms with Gasteiger partial charge in [-0.1, -0.05) is 6.92 Å². The van der Waals surface area contributed by atoms with Crippen molar-refractivity contribution in [1.82, 2.24) is 5.32 Å². The Labute approximate surface area is 68.0 Å². The van der Waals surface area contributed by atoms with Gasteiger partial charge in [0.25, 0.3) is 0 Å². The fraction of sp³-hybridized carbons (Fsp3) is 1.00. The van der Waals surface area contributed by atoms with Crippen LogP contribution in [0.2, 0.25) is 0 Å². The first-order chi connectivity index (χ1) is 4.84. The highest BCUT2D eigenvalue weighted by atomic mass is 32.2. The standard InChI is InChI=1S/C8H17NS/c1-7-5-8(7)6-9-3-4-10-2/h7-9H,3-6H2,1-2H3. The minimum Gasteiger partial charge on any atom is -0.316 e. The third-order valence-electron chi connectivity index (χ3n) is 2.17. The molecule has 0 aromatic heterocycles. The van der Waals surface area contributed by atoms with Gasteiger partial charge in [-0.15, -0.1) is 0 Å². The number of thioether (sulfide) groups is 1. The van der Waals surface area contributed by atoms with E-state index in [0.717, 1.165) is 11.8 Å². The van der Waals surface area contributed by atoms with Gasteiger partial charge in [0.05, 0.1) is 0 Å². The Kier molecular flexibility index (Phi) is 3.57. The van der Waals surface area contributed by atoms with Crippen LogP contribution in [0.4, 0.5) is 0 Å². The molecule has 10 heavy (non-hydrogen) atoms. The van der Waals surface area contributed by atoms with Gasteiger partial charge in [-0.3, -0.25) is 0 Å². The van der Waals surface area contributed by atoms with Crippen molar-refractivity contribution in [2.24, 2.45) is 11.8 Å². The second-order valence-corrected chi connectivity index (χ2v) is 4.16. The van der Waals surface area contributed by atoms with Crippen molar-refractivity contribution in [2.45, 2.75) is 13.3 Å². The minimum atomic E-state index is 1.00. The van der Waals surface area contributed by atoms with E-state index in [1.807, 2.05) is 11.8 Å². The van der Waals surface area contributed by atoms with Gasteiger partial charge in [0.2, 0.25) is 0 Å². The van der Waals surface area contributed by atoms with Crippen LogP contribution in [0.5, 0.6) is 0 Å². The van der Waals surface area contributed by atoms with Crippen LogP contribution in [0, 0.1) is 11.8 Å². The summed E-state index contributed by atoms with van der Waals surface area (Å²) in [4.78, 5) is 0. The van der Waals surface area contributed by atoms with E-state index in [1.54, 1.807) is 0 Å². The molecule has 0 aromatic carbocycles. The van der Waals surface area contributed by atoms with Crippen LogP contribution in [0.1, 0.15) is 13.3 Å². The molecule has 1 N–H and O–H groups in total. The van der Waals surface area contributed by atoms with Crippen LogP contribution in [0.3, 0.4) is 0 Å². The van der Waals surface area contributed by atoms with E-state index in [-0.39, 0.29) is 0 Å². The normalized spacial score (nSPS) is 30.6. The first kappa shape index (κ1) is 8.41. The molecular weight excluding hydrogens is 142 g/mol. The number of hydrogen-bond donors (Lipinski definition) is 1. The summed E-state index contributed by atoms with van der Waals surface area (Å²) in [5, 5.41) is 3.46. The molecule has 0 saturated heterocycles. The zero-order valence-corrected chi connectivity index (χ0v) is 7.71. The molecule has 1 rings (SSSR count). The third-order valence-corrected chi connectivity index (χ3v) is 2.78. The zero-order valence-electron chi connectivity index (χ0n) is 6.89. The molecule has 0 spiro atoms. The van der Waals surface area contributed by atoms with Gasteiger partial charge in [0.1, 0.15) is 0 Å². The molecule has 1 nitrogen and oxygen atoms in total. The lowest BCUT2D eigenvalue weighted by molar-refractivity contribution is 0.634. The fourth-order valence-electron chi connectivity index (χ4n) is 1.15. The first-order valence-corrected chi connectivity index (χ1v) is 5.43. The van der Waals surface area contributed by atoms with E-state index >= 15 is 0 Å². The van der Waals surface area contributed by atoms with Crippen LogP contribution < -0.4 is 5.32 Å². The topological polar surface area (TPSA) is 12.0 Å². The lowest BCUT2D eigenvalue weighted by Gasteiger charge is -2.00. The highest BCUT2D eigenvalue weighted by molar-refractivity contribution is 7.98. The molecule has 0 heterocycles. The second kappa shape index (κ2) is 4.24. The monoisotopic (exact) mass is 159 g/mol. The van der Waals surface area contributed by atoms with Crippen molar-refractivity contribution in [1.29, 1.82) is 0 Å². The maximum absolute atomic E-state index is 3.46. The SMILES string of the molecule is CSCCNCC1CC1C. The third kappa shape index (κ3) is 2.93.